The van der Waals surface area contributed by atoms with Gasteiger partial charge in [-0.25, -0.2) is 4.39 Å². The Morgan fingerprint density at radius 2 is 1.84 bits per heavy atom. The van der Waals surface area contributed by atoms with Crippen molar-refractivity contribution in [3.63, 3.8) is 0 Å². The highest BCUT2D eigenvalue weighted by molar-refractivity contribution is 5.54. The molecular formula is C27H30FNO3. The van der Waals surface area contributed by atoms with Gasteiger partial charge < -0.3 is 19.5 Å². The van der Waals surface area contributed by atoms with Crippen LogP contribution in [0.2, 0.25) is 0 Å². The lowest BCUT2D eigenvalue weighted by Crippen LogP contribution is -2.50. The number of nitrogens with one attached hydrogen (secondary N) is 1. The lowest BCUT2D eigenvalue weighted by Gasteiger charge is -2.44. The summed E-state index contributed by atoms with van der Waals surface area (Å²) >= 11 is 0. The highest BCUT2D eigenvalue weighted by Crippen LogP contribution is 2.44. The molecule has 0 aliphatic carbocycles. The van der Waals surface area contributed by atoms with Crippen LogP contribution in [0.1, 0.15) is 42.2 Å². The molecule has 0 bridgehead atoms. The van der Waals surface area contributed by atoms with Gasteiger partial charge in [0.25, 0.3) is 0 Å². The summed E-state index contributed by atoms with van der Waals surface area (Å²) in [5, 5.41) is 3.37. The first kappa shape index (κ1) is 22.3. The van der Waals surface area contributed by atoms with E-state index >= 15 is 0 Å². The topological polar surface area (TPSA) is 39.7 Å². The third-order valence-electron chi connectivity index (χ3n) is 5.97. The van der Waals surface area contributed by atoms with Crippen LogP contribution < -0.4 is 10.1 Å². The van der Waals surface area contributed by atoms with Gasteiger partial charge in [0.2, 0.25) is 0 Å². The maximum atomic E-state index is 13.5. The Bertz CT molecular complexity index is 1080. The summed E-state index contributed by atoms with van der Waals surface area (Å²) in [5.74, 6) is 0.548. The van der Waals surface area contributed by atoms with Crippen LogP contribution in [-0.4, -0.2) is 18.8 Å². The predicted octanol–water partition coefficient (Wildman–Crippen LogP) is 6.19. The lowest BCUT2D eigenvalue weighted by molar-refractivity contribution is -0.159. The third kappa shape index (κ3) is 4.79. The van der Waals surface area contributed by atoms with Crippen molar-refractivity contribution in [3.05, 3.63) is 94.8 Å². The van der Waals surface area contributed by atoms with E-state index < -0.39 is 5.60 Å². The summed E-state index contributed by atoms with van der Waals surface area (Å²) in [4.78, 5) is 0. The highest BCUT2D eigenvalue weighted by atomic mass is 19.1. The van der Waals surface area contributed by atoms with E-state index in [9.17, 15) is 4.39 Å². The first-order chi connectivity index (χ1) is 15.4. The standard InChI is InChI=1S/C27H30FNO3/c1-18-8-5-6-10-20(18)17-31-26-25(30-4)23-15-22(12-13-24(23)32-27(26,2)3)29-16-19-9-7-11-21(28)14-19/h5-15,25-26,29H,16-17H2,1-4H3. The van der Waals surface area contributed by atoms with Crippen molar-refractivity contribution in [2.24, 2.45) is 0 Å². The van der Waals surface area contributed by atoms with E-state index in [-0.39, 0.29) is 18.0 Å². The predicted molar refractivity (Wildman–Crippen MR) is 124 cm³/mol. The molecule has 32 heavy (non-hydrogen) atoms. The zero-order valence-electron chi connectivity index (χ0n) is 19.0. The zero-order chi connectivity index (χ0) is 22.7. The number of methoxy groups -OCH3 is 1. The Morgan fingerprint density at radius 1 is 1.03 bits per heavy atom. The summed E-state index contributed by atoms with van der Waals surface area (Å²) in [6.07, 6.45) is -0.577. The molecule has 0 aromatic heterocycles. The van der Waals surface area contributed by atoms with Crippen LogP contribution in [0, 0.1) is 12.7 Å². The second-order valence-electron chi connectivity index (χ2n) is 8.76. The first-order valence-electron chi connectivity index (χ1n) is 10.9. The monoisotopic (exact) mass is 435 g/mol. The fourth-order valence-electron chi connectivity index (χ4n) is 4.18. The van der Waals surface area contributed by atoms with E-state index in [2.05, 4.69) is 24.4 Å². The smallest absolute Gasteiger partial charge is 0.132 e. The van der Waals surface area contributed by atoms with Gasteiger partial charge in [-0.2, -0.15) is 0 Å². The molecule has 1 aliphatic heterocycles. The zero-order valence-corrected chi connectivity index (χ0v) is 19.0. The van der Waals surface area contributed by atoms with E-state index in [1.165, 1.54) is 17.7 Å². The third-order valence-corrected chi connectivity index (χ3v) is 5.97. The van der Waals surface area contributed by atoms with Crippen molar-refractivity contribution in [3.8, 4) is 5.75 Å². The second-order valence-corrected chi connectivity index (χ2v) is 8.76. The number of halogens is 1. The van der Waals surface area contributed by atoms with Crippen LogP contribution in [0.5, 0.6) is 5.75 Å². The molecule has 0 fully saturated rings. The SMILES string of the molecule is COC1c2cc(NCc3cccc(F)c3)ccc2OC(C)(C)C1OCc1ccccc1C. The van der Waals surface area contributed by atoms with E-state index in [1.54, 1.807) is 13.2 Å². The quantitative estimate of drug-likeness (QED) is 0.480. The van der Waals surface area contributed by atoms with Gasteiger partial charge in [-0.1, -0.05) is 36.4 Å². The van der Waals surface area contributed by atoms with Crippen LogP contribution in [-0.2, 0) is 22.6 Å². The number of anilines is 1. The van der Waals surface area contributed by atoms with E-state index in [0.29, 0.717) is 13.2 Å². The van der Waals surface area contributed by atoms with Gasteiger partial charge in [-0.15, -0.1) is 0 Å². The number of hydrogen-bond acceptors (Lipinski definition) is 4. The Kier molecular flexibility index (Phi) is 6.49. The molecule has 0 amide bonds. The van der Waals surface area contributed by atoms with Gasteiger partial charge in [0.1, 0.15) is 29.4 Å². The Labute approximate surface area is 189 Å². The van der Waals surface area contributed by atoms with Gasteiger partial charge in [0, 0.05) is 24.9 Å². The minimum atomic E-state index is -0.563. The van der Waals surface area contributed by atoms with Gasteiger partial charge >= 0.3 is 0 Å². The number of rotatable bonds is 7. The van der Waals surface area contributed by atoms with Crippen molar-refractivity contribution in [2.75, 3.05) is 12.4 Å². The molecule has 0 saturated carbocycles. The summed E-state index contributed by atoms with van der Waals surface area (Å²) in [7, 11) is 1.70. The van der Waals surface area contributed by atoms with Crippen LogP contribution in [0.25, 0.3) is 0 Å². The first-order valence-corrected chi connectivity index (χ1v) is 10.9. The van der Waals surface area contributed by atoms with Gasteiger partial charge in [0.05, 0.1) is 6.61 Å². The largest absolute Gasteiger partial charge is 0.485 e. The Hall–Kier alpha value is -2.89. The van der Waals surface area contributed by atoms with Crippen molar-refractivity contribution in [2.45, 2.75) is 51.7 Å². The van der Waals surface area contributed by atoms with Gasteiger partial charge in [-0.3, -0.25) is 0 Å². The molecule has 4 rings (SSSR count). The van der Waals surface area contributed by atoms with Crippen molar-refractivity contribution < 1.29 is 18.6 Å². The normalized spacial score (nSPS) is 19.2. The number of fused-ring (bicyclic) bond motifs is 1. The molecule has 3 aromatic rings. The van der Waals surface area contributed by atoms with E-state index in [1.807, 2.05) is 50.2 Å². The van der Waals surface area contributed by atoms with E-state index in [0.717, 1.165) is 28.1 Å². The number of benzene rings is 3. The molecule has 2 unspecified atom stereocenters. The van der Waals surface area contributed by atoms with Gasteiger partial charge in [-0.05, 0) is 67.8 Å². The van der Waals surface area contributed by atoms with Crippen LogP contribution >= 0.6 is 0 Å². The van der Waals surface area contributed by atoms with E-state index in [4.69, 9.17) is 14.2 Å². The molecule has 0 radical (unpaired) electrons. The summed E-state index contributed by atoms with van der Waals surface area (Å²) in [6, 6.07) is 20.8. The number of ether oxygens (including phenoxy) is 3. The Balaban J connectivity index is 1.55. The minimum Gasteiger partial charge on any atom is -0.485 e. The van der Waals surface area contributed by atoms with Crippen molar-refractivity contribution in [1.82, 2.24) is 0 Å². The summed E-state index contributed by atoms with van der Waals surface area (Å²) in [5.41, 5.74) is 4.51. The Morgan fingerprint density at radius 3 is 2.59 bits per heavy atom. The molecule has 5 heteroatoms. The molecule has 1 N–H and O–H groups in total. The van der Waals surface area contributed by atoms with Crippen LogP contribution in [0.15, 0.2) is 66.7 Å². The number of aryl methyl sites for hydroxylation is 1. The fraction of sp³-hybridized carbons (Fsp3) is 0.333. The molecule has 0 saturated heterocycles. The van der Waals surface area contributed by atoms with Crippen LogP contribution in [0.4, 0.5) is 10.1 Å². The number of hydrogen-bond donors (Lipinski definition) is 1. The minimum absolute atomic E-state index is 0.238. The average Bonchev–Trinajstić information content (AvgIpc) is 2.76. The highest BCUT2D eigenvalue weighted by Gasteiger charge is 2.45. The molecular weight excluding hydrogens is 405 g/mol. The average molecular weight is 436 g/mol. The molecule has 1 aliphatic rings. The molecule has 1 heterocycles. The molecule has 0 spiro atoms. The lowest BCUT2D eigenvalue weighted by atomic mass is 9.87. The molecule has 2 atom stereocenters. The second kappa shape index (κ2) is 9.31. The summed E-state index contributed by atoms with van der Waals surface area (Å²) < 4.78 is 32.1. The van der Waals surface area contributed by atoms with Crippen molar-refractivity contribution >= 4 is 5.69 Å². The maximum Gasteiger partial charge on any atom is 0.132 e. The summed E-state index contributed by atoms with van der Waals surface area (Å²) in [6.45, 7) is 7.15. The van der Waals surface area contributed by atoms with Crippen molar-refractivity contribution in [1.29, 1.82) is 0 Å². The maximum absolute atomic E-state index is 13.5. The molecule has 168 valence electrons. The fourth-order valence-corrected chi connectivity index (χ4v) is 4.18. The molecule has 3 aromatic carbocycles. The van der Waals surface area contributed by atoms with Gasteiger partial charge in [0.15, 0.2) is 0 Å². The molecule has 4 nitrogen and oxygen atoms in total. The van der Waals surface area contributed by atoms with Crippen LogP contribution in [0.3, 0.4) is 0 Å².